The van der Waals surface area contributed by atoms with Crippen LogP contribution in [0, 0.1) is 0 Å². The number of hydrogen-bond donors (Lipinski definition) is 2. The zero-order valence-electron chi connectivity index (χ0n) is 15.8. The Morgan fingerprint density at radius 3 is 2.87 bits per heavy atom. The topological polar surface area (TPSA) is 111 Å². The normalized spacial score (nSPS) is 17.4. The first-order chi connectivity index (χ1) is 14.2. The Hall–Kier alpha value is -3.41. The van der Waals surface area contributed by atoms with Crippen molar-refractivity contribution in [1.82, 2.24) is 24.5 Å². The van der Waals surface area contributed by atoms with Gasteiger partial charge < -0.3 is 20.7 Å². The Kier molecular flexibility index (Phi) is 4.94. The predicted molar refractivity (Wildman–Crippen MR) is 101 cm³/mol. The summed E-state index contributed by atoms with van der Waals surface area (Å²) in [5.41, 5.74) is 4.33. The van der Waals surface area contributed by atoms with E-state index in [1.165, 1.54) is 12.4 Å². The molecular weight excluding hydrogens is 403 g/mol. The van der Waals surface area contributed by atoms with Gasteiger partial charge in [0, 0.05) is 31.5 Å². The number of hydrogen-bond acceptors (Lipinski definition) is 7. The minimum Gasteiger partial charge on any atom is -0.487 e. The van der Waals surface area contributed by atoms with Crippen LogP contribution in [0.1, 0.15) is 22.5 Å². The van der Waals surface area contributed by atoms with Gasteiger partial charge in [0.05, 0.1) is 6.20 Å². The highest BCUT2D eigenvalue weighted by Crippen LogP contribution is 2.30. The summed E-state index contributed by atoms with van der Waals surface area (Å²) >= 11 is 0. The summed E-state index contributed by atoms with van der Waals surface area (Å²) in [6, 6.07) is 2.36. The van der Waals surface area contributed by atoms with Crippen LogP contribution in [0.5, 0.6) is 5.75 Å². The van der Waals surface area contributed by atoms with Crippen molar-refractivity contribution in [1.29, 1.82) is 0 Å². The van der Waals surface area contributed by atoms with E-state index < -0.39 is 17.8 Å². The first-order valence-electron chi connectivity index (χ1n) is 9.05. The molecule has 1 amide bonds. The van der Waals surface area contributed by atoms with Crippen molar-refractivity contribution in [3.8, 4) is 5.75 Å². The highest BCUT2D eigenvalue weighted by atomic mass is 19.4. The standard InChI is InChI=1S/C18H18F3N7O2/c1-27-6-3-10(9-27)30-12-2-5-23-8-11(12)24-17(29)14-15(22)26-28-7-4-13(18(19,20)21)25-16(14)28/h2,4-5,7-8,10H,3,6,9H2,1H3,(H2,22,26)(H,24,29). The van der Waals surface area contributed by atoms with Crippen molar-refractivity contribution in [2.24, 2.45) is 0 Å². The molecule has 1 unspecified atom stereocenters. The number of nitrogen functional groups attached to an aromatic ring is 1. The third-order valence-electron chi connectivity index (χ3n) is 4.70. The maximum Gasteiger partial charge on any atom is 0.433 e. The third-order valence-corrected chi connectivity index (χ3v) is 4.70. The molecule has 3 aromatic heterocycles. The van der Waals surface area contributed by atoms with Crippen molar-refractivity contribution in [3.05, 3.63) is 42.0 Å². The number of nitrogens with one attached hydrogen (secondary N) is 1. The van der Waals surface area contributed by atoms with Gasteiger partial charge in [-0.25, -0.2) is 9.50 Å². The molecule has 30 heavy (non-hydrogen) atoms. The van der Waals surface area contributed by atoms with Gasteiger partial charge in [-0.1, -0.05) is 0 Å². The number of alkyl halides is 3. The van der Waals surface area contributed by atoms with E-state index in [2.05, 4.69) is 25.3 Å². The summed E-state index contributed by atoms with van der Waals surface area (Å²) in [6.07, 6.45) is 0.0662. The van der Waals surface area contributed by atoms with E-state index in [9.17, 15) is 18.0 Å². The van der Waals surface area contributed by atoms with Gasteiger partial charge in [0.25, 0.3) is 5.91 Å². The largest absolute Gasteiger partial charge is 0.487 e. The van der Waals surface area contributed by atoms with Crippen molar-refractivity contribution in [2.75, 3.05) is 31.2 Å². The van der Waals surface area contributed by atoms with Crippen LogP contribution >= 0.6 is 0 Å². The number of nitrogens with two attached hydrogens (primary N) is 1. The second kappa shape index (κ2) is 7.44. The number of aromatic nitrogens is 4. The number of pyridine rings is 1. The van der Waals surface area contributed by atoms with Gasteiger partial charge in [0.2, 0.25) is 0 Å². The Morgan fingerprint density at radius 2 is 2.17 bits per heavy atom. The number of amides is 1. The second-order valence-electron chi connectivity index (χ2n) is 6.96. The molecule has 0 aromatic carbocycles. The Bertz CT molecular complexity index is 1100. The summed E-state index contributed by atoms with van der Waals surface area (Å²) in [5, 5.41) is 6.46. The molecule has 0 bridgehead atoms. The van der Waals surface area contributed by atoms with E-state index in [1.807, 2.05) is 7.05 Å². The van der Waals surface area contributed by atoms with Gasteiger partial charge in [0.1, 0.15) is 28.8 Å². The summed E-state index contributed by atoms with van der Waals surface area (Å²) in [5.74, 6) is -0.614. The van der Waals surface area contributed by atoms with Gasteiger partial charge in [-0.3, -0.25) is 9.78 Å². The van der Waals surface area contributed by atoms with E-state index in [1.54, 1.807) is 6.07 Å². The number of carbonyl (C=O) groups is 1. The number of rotatable bonds is 4. The average molecular weight is 421 g/mol. The number of anilines is 2. The van der Waals surface area contributed by atoms with Gasteiger partial charge in [0.15, 0.2) is 11.5 Å². The Balaban J connectivity index is 1.63. The highest BCUT2D eigenvalue weighted by molar-refractivity contribution is 6.12. The monoisotopic (exact) mass is 421 g/mol. The molecule has 3 aromatic rings. The van der Waals surface area contributed by atoms with E-state index in [-0.39, 0.29) is 28.8 Å². The molecule has 3 N–H and O–H groups in total. The Morgan fingerprint density at radius 1 is 1.37 bits per heavy atom. The van der Waals surface area contributed by atoms with Crippen molar-refractivity contribution >= 4 is 23.1 Å². The minimum absolute atomic E-state index is 0.0499. The molecule has 4 heterocycles. The fourth-order valence-corrected chi connectivity index (χ4v) is 3.26. The van der Waals surface area contributed by atoms with Crippen LogP contribution in [0.4, 0.5) is 24.7 Å². The average Bonchev–Trinajstić information content (AvgIpc) is 3.23. The lowest BCUT2D eigenvalue weighted by Crippen LogP contribution is -2.22. The van der Waals surface area contributed by atoms with Crippen LogP contribution in [0.15, 0.2) is 30.7 Å². The molecule has 0 spiro atoms. The number of likely N-dealkylation sites (tertiary alicyclic amines) is 1. The van der Waals surface area contributed by atoms with Crippen molar-refractivity contribution in [3.63, 3.8) is 0 Å². The molecular formula is C18H18F3N7O2. The minimum atomic E-state index is -4.67. The number of likely N-dealkylation sites (N-methyl/N-ethyl adjacent to an activating group) is 1. The van der Waals surface area contributed by atoms with Crippen molar-refractivity contribution < 1.29 is 22.7 Å². The quantitative estimate of drug-likeness (QED) is 0.663. The number of fused-ring (bicyclic) bond motifs is 1. The van der Waals surface area contributed by atoms with Gasteiger partial charge in [-0.15, -0.1) is 5.10 Å². The van der Waals surface area contributed by atoms with E-state index in [0.29, 0.717) is 5.75 Å². The lowest BCUT2D eigenvalue weighted by Gasteiger charge is -2.16. The molecule has 12 heteroatoms. The summed E-state index contributed by atoms with van der Waals surface area (Å²) in [4.78, 5) is 22.5. The molecule has 1 saturated heterocycles. The van der Waals surface area contributed by atoms with Crippen molar-refractivity contribution in [2.45, 2.75) is 18.7 Å². The van der Waals surface area contributed by atoms with Crippen LogP contribution in [0.25, 0.3) is 5.65 Å². The van der Waals surface area contributed by atoms with Gasteiger partial charge in [-0.05, 0) is 19.5 Å². The van der Waals surface area contributed by atoms with Crippen LogP contribution in [-0.2, 0) is 6.18 Å². The van der Waals surface area contributed by atoms with E-state index in [0.717, 1.165) is 36.3 Å². The molecule has 9 nitrogen and oxygen atoms in total. The zero-order chi connectivity index (χ0) is 21.5. The highest BCUT2D eigenvalue weighted by Gasteiger charge is 2.34. The fourth-order valence-electron chi connectivity index (χ4n) is 3.26. The van der Waals surface area contributed by atoms with Crippen LogP contribution in [0.2, 0.25) is 0 Å². The van der Waals surface area contributed by atoms with Gasteiger partial charge >= 0.3 is 6.18 Å². The first kappa shape index (κ1) is 19.9. The van der Waals surface area contributed by atoms with E-state index in [4.69, 9.17) is 10.5 Å². The molecule has 1 aliphatic heterocycles. The predicted octanol–water partition coefficient (Wildman–Crippen LogP) is 2.06. The maximum atomic E-state index is 13.0. The van der Waals surface area contributed by atoms with E-state index >= 15 is 0 Å². The van der Waals surface area contributed by atoms with Crippen LogP contribution in [0.3, 0.4) is 0 Å². The molecule has 1 aliphatic rings. The SMILES string of the molecule is CN1CCC(Oc2ccncc2NC(=O)c2c(N)nn3ccc(C(F)(F)F)nc23)C1. The maximum absolute atomic E-state index is 13.0. The number of halogens is 3. The molecule has 1 atom stereocenters. The summed E-state index contributed by atoms with van der Waals surface area (Å²) in [6.45, 7) is 1.63. The Labute approximate surface area is 168 Å². The molecule has 4 rings (SSSR count). The number of ether oxygens (including phenoxy) is 1. The van der Waals surface area contributed by atoms with Crippen LogP contribution < -0.4 is 15.8 Å². The third kappa shape index (κ3) is 3.85. The number of carbonyl (C=O) groups excluding carboxylic acids is 1. The second-order valence-corrected chi connectivity index (χ2v) is 6.96. The summed E-state index contributed by atoms with van der Waals surface area (Å²) < 4.78 is 46.1. The van der Waals surface area contributed by atoms with Crippen LogP contribution in [-0.4, -0.2) is 56.6 Å². The molecule has 1 fully saturated rings. The summed E-state index contributed by atoms with van der Waals surface area (Å²) in [7, 11) is 1.98. The fraction of sp³-hybridized carbons (Fsp3) is 0.333. The molecule has 158 valence electrons. The molecule has 0 saturated carbocycles. The first-order valence-corrected chi connectivity index (χ1v) is 9.05. The smallest absolute Gasteiger partial charge is 0.433 e. The number of nitrogens with zero attached hydrogens (tertiary/aromatic N) is 5. The molecule has 0 aliphatic carbocycles. The molecule has 0 radical (unpaired) electrons. The lowest BCUT2D eigenvalue weighted by atomic mass is 10.2. The lowest BCUT2D eigenvalue weighted by molar-refractivity contribution is -0.141. The van der Waals surface area contributed by atoms with Gasteiger partial charge in [-0.2, -0.15) is 13.2 Å². The zero-order valence-corrected chi connectivity index (χ0v) is 15.8.